The van der Waals surface area contributed by atoms with Gasteiger partial charge in [0, 0.05) is 18.0 Å². The Bertz CT molecular complexity index is 401. The molecule has 2 nitrogen and oxygen atoms in total. The third kappa shape index (κ3) is 2.21. The Morgan fingerprint density at radius 1 is 1.18 bits per heavy atom. The second-order valence-electron chi connectivity index (χ2n) is 4.80. The Morgan fingerprint density at radius 3 is 2.71 bits per heavy atom. The quantitative estimate of drug-likeness (QED) is 0.760. The summed E-state index contributed by atoms with van der Waals surface area (Å²) in [6.07, 6.45) is 4.55. The van der Waals surface area contributed by atoms with Gasteiger partial charge in [0.05, 0.1) is 5.25 Å². The predicted octanol–water partition coefficient (Wildman–Crippen LogP) is 2.72. The fourth-order valence-electron chi connectivity index (χ4n) is 2.64. The molecule has 0 N–H and O–H groups in total. The number of benzene rings is 1. The predicted molar refractivity (Wildman–Crippen MR) is 70.2 cm³/mol. The number of rotatable bonds is 1. The molecule has 0 bridgehead atoms. The molecule has 2 heterocycles. The fraction of sp³-hybridized carbons (Fsp3) is 0.500. The first-order valence-electron chi connectivity index (χ1n) is 6.38. The lowest BCUT2D eigenvalue weighted by Crippen LogP contribution is -2.40. The van der Waals surface area contributed by atoms with Gasteiger partial charge in [0.15, 0.2) is 0 Å². The van der Waals surface area contributed by atoms with E-state index in [1.54, 1.807) is 11.8 Å². The summed E-state index contributed by atoms with van der Waals surface area (Å²) in [7, 11) is 0. The molecule has 1 amide bonds. The van der Waals surface area contributed by atoms with Crippen molar-refractivity contribution in [1.82, 2.24) is 4.90 Å². The SMILES string of the molecule is O=C(C1Cc2ccccc2S1)N1CCCCC1. The Balaban J connectivity index is 1.69. The molecule has 1 saturated heterocycles. The maximum absolute atomic E-state index is 12.4. The lowest BCUT2D eigenvalue weighted by molar-refractivity contribution is -0.131. The van der Waals surface area contributed by atoms with Crippen molar-refractivity contribution in [2.75, 3.05) is 13.1 Å². The van der Waals surface area contributed by atoms with E-state index in [1.165, 1.54) is 29.7 Å². The lowest BCUT2D eigenvalue weighted by atomic mass is 10.1. The Kier molecular flexibility index (Phi) is 3.10. The molecule has 0 spiro atoms. The number of piperidine rings is 1. The number of fused-ring (bicyclic) bond motifs is 1. The van der Waals surface area contributed by atoms with Crippen LogP contribution in [0, 0.1) is 0 Å². The normalized spacial score (nSPS) is 23.5. The monoisotopic (exact) mass is 247 g/mol. The summed E-state index contributed by atoms with van der Waals surface area (Å²) in [6.45, 7) is 1.93. The molecule has 0 aliphatic carbocycles. The zero-order chi connectivity index (χ0) is 11.7. The van der Waals surface area contributed by atoms with E-state index >= 15 is 0 Å². The molecule has 3 heteroatoms. The van der Waals surface area contributed by atoms with Crippen molar-refractivity contribution in [1.29, 1.82) is 0 Å². The van der Waals surface area contributed by atoms with E-state index < -0.39 is 0 Å². The summed E-state index contributed by atoms with van der Waals surface area (Å²) in [5.74, 6) is 0.353. The summed E-state index contributed by atoms with van der Waals surface area (Å²) in [4.78, 5) is 15.7. The van der Waals surface area contributed by atoms with E-state index in [0.29, 0.717) is 5.91 Å². The molecular weight excluding hydrogens is 230 g/mol. The largest absolute Gasteiger partial charge is 0.342 e. The number of carbonyl (C=O) groups is 1. The van der Waals surface area contributed by atoms with E-state index in [9.17, 15) is 4.79 Å². The number of thioether (sulfide) groups is 1. The van der Waals surface area contributed by atoms with Crippen LogP contribution in [0.1, 0.15) is 24.8 Å². The molecule has 1 unspecified atom stereocenters. The Labute approximate surface area is 106 Å². The van der Waals surface area contributed by atoms with Gasteiger partial charge < -0.3 is 4.90 Å². The zero-order valence-electron chi connectivity index (χ0n) is 9.89. The van der Waals surface area contributed by atoms with Gasteiger partial charge in [-0.1, -0.05) is 18.2 Å². The van der Waals surface area contributed by atoms with Crippen molar-refractivity contribution in [3.8, 4) is 0 Å². The molecule has 1 atom stereocenters. The molecule has 3 rings (SSSR count). The van der Waals surface area contributed by atoms with E-state index in [-0.39, 0.29) is 5.25 Å². The lowest BCUT2D eigenvalue weighted by Gasteiger charge is -2.28. The van der Waals surface area contributed by atoms with Crippen LogP contribution in [0.5, 0.6) is 0 Å². The number of likely N-dealkylation sites (tertiary alicyclic amines) is 1. The van der Waals surface area contributed by atoms with Crippen LogP contribution in [-0.4, -0.2) is 29.1 Å². The summed E-state index contributed by atoms with van der Waals surface area (Å²) in [5.41, 5.74) is 1.34. The average Bonchev–Trinajstić information content (AvgIpc) is 2.82. The van der Waals surface area contributed by atoms with Gasteiger partial charge in [-0.25, -0.2) is 0 Å². The van der Waals surface area contributed by atoms with Crippen molar-refractivity contribution in [3.63, 3.8) is 0 Å². The van der Waals surface area contributed by atoms with E-state index in [4.69, 9.17) is 0 Å². The van der Waals surface area contributed by atoms with Crippen LogP contribution >= 0.6 is 11.8 Å². The molecule has 0 radical (unpaired) electrons. The van der Waals surface area contributed by atoms with Crippen LogP contribution in [0.3, 0.4) is 0 Å². The molecule has 17 heavy (non-hydrogen) atoms. The molecule has 2 aliphatic heterocycles. The van der Waals surface area contributed by atoms with Gasteiger partial charge in [0.25, 0.3) is 0 Å². The zero-order valence-corrected chi connectivity index (χ0v) is 10.7. The topological polar surface area (TPSA) is 20.3 Å². The molecule has 0 aromatic heterocycles. The highest BCUT2D eigenvalue weighted by Gasteiger charge is 2.31. The molecule has 90 valence electrons. The van der Waals surface area contributed by atoms with Gasteiger partial charge in [0.2, 0.25) is 5.91 Å². The first kappa shape index (κ1) is 11.1. The van der Waals surface area contributed by atoms with E-state index in [0.717, 1.165) is 19.5 Å². The van der Waals surface area contributed by atoms with Gasteiger partial charge in [-0.2, -0.15) is 0 Å². The highest BCUT2D eigenvalue weighted by Crippen LogP contribution is 2.37. The van der Waals surface area contributed by atoms with E-state index in [1.807, 2.05) is 0 Å². The van der Waals surface area contributed by atoms with E-state index in [2.05, 4.69) is 29.2 Å². The summed E-state index contributed by atoms with van der Waals surface area (Å²) >= 11 is 1.75. The summed E-state index contributed by atoms with van der Waals surface area (Å²) < 4.78 is 0. The maximum atomic E-state index is 12.4. The molecule has 2 aliphatic rings. The Hall–Kier alpha value is -0.960. The molecule has 1 aromatic carbocycles. The van der Waals surface area contributed by atoms with Crippen molar-refractivity contribution >= 4 is 17.7 Å². The third-order valence-corrected chi connectivity index (χ3v) is 4.90. The van der Waals surface area contributed by atoms with Crippen LogP contribution in [0.4, 0.5) is 0 Å². The van der Waals surface area contributed by atoms with Gasteiger partial charge in [-0.15, -0.1) is 11.8 Å². The van der Waals surface area contributed by atoms with Gasteiger partial charge in [0.1, 0.15) is 0 Å². The highest BCUT2D eigenvalue weighted by atomic mass is 32.2. The average molecular weight is 247 g/mol. The van der Waals surface area contributed by atoms with Gasteiger partial charge >= 0.3 is 0 Å². The molecule has 0 saturated carbocycles. The first-order valence-corrected chi connectivity index (χ1v) is 7.26. The van der Waals surface area contributed by atoms with Crippen LogP contribution in [0.15, 0.2) is 29.2 Å². The molecular formula is C14H17NOS. The molecule has 1 aromatic rings. The number of hydrogen-bond acceptors (Lipinski definition) is 2. The second kappa shape index (κ2) is 4.73. The maximum Gasteiger partial charge on any atom is 0.236 e. The van der Waals surface area contributed by atoms with Crippen molar-refractivity contribution in [2.45, 2.75) is 35.8 Å². The summed E-state index contributed by atoms with van der Waals surface area (Å²) in [5, 5.41) is 0.130. The minimum absolute atomic E-state index is 0.130. The number of carbonyl (C=O) groups excluding carboxylic acids is 1. The standard InChI is InChI=1S/C14H17NOS/c16-14(15-8-4-1-5-9-15)13-10-11-6-2-3-7-12(11)17-13/h2-3,6-7,13H,1,4-5,8-10H2. The summed E-state index contributed by atoms with van der Waals surface area (Å²) in [6, 6.07) is 8.39. The van der Waals surface area contributed by atoms with Crippen molar-refractivity contribution in [3.05, 3.63) is 29.8 Å². The van der Waals surface area contributed by atoms with Crippen LogP contribution in [-0.2, 0) is 11.2 Å². The van der Waals surface area contributed by atoms with Crippen molar-refractivity contribution in [2.24, 2.45) is 0 Å². The molecule has 1 fully saturated rings. The number of amides is 1. The van der Waals surface area contributed by atoms with Crippen LogP contribution in [0.25, 0.3) is 0 Å². The first-order chi connectivity index (χ1) is 8.34. The fourth-order valence-corrected chi connectivity index (χ4v) is 3.92. The number of hydrogen-bond donors (Lipinski definition) is 0. The minimum atomic E-state index is 0.130. The second-order valence-corrected chi connectivity index (χ2v) is 6.05. The minimum Gasteiger partial charge on any atom is -0.342 e. The third-order valence-electron chi connectivity index (χ3n) is 3.59. The van der Waals surface area contributed by atoms with Crippen LogP contribution < -0.4 is 0 Å². The van der Waals surface area contributed by atoms with Crippen LogP contribution in [0.2, 0.25) is 0 Å². The highest BCUT2D eigenvalue weighted by molar-refractivity contribution is 8.01. The van der Waals surface area contributed by atoms with Gasteiger partial charge in [-0.3, -0.25) is 4.79 Å². The van der Waals surface area contributed by atoms with Gasteiger partial charge in [-0.05, 0) is 37.3 Å². The van der Waals surface area contributed by atoms with Crippen molar-refractivity contribution < 1.29 is 4.79 Å². The Morgan fingerprint density at radius 2 is 1.94 bits per heavy atom. The smallest absolute Gasteiger partial charge is 0.236 e. The number of nitrogens with zero attached hydrogens (tertiary/aromatic N) is 1.